The summed E-state index contributed by atoms with van der Waals surface area (Å²) in [4.78, 5) is 21.1. The summed E-state index contributed by atoms with van der Waals surface area (Å²) in [7, 11) is 0. The molecule has 1 heterocycles. The van der Waals surface area contributed by atoms with Gasteiger partial charge in [0.2, 0.25) is 0 Å². The lowest BCUT2D eigenvalue weighted by molar-refractivity contribution is -0.384. The summed E-state index contributed by atoms with van der Waals surface area (Å²) in [6, 6.07) is 7.36. The molecule has 0 aliphatic heterocycles. The first kappa shape index (κ1) is 14.8. The van der Waals surface area contributed by atoms with Crippen LogP contribution >= 0.6 is 11.6 Å². The van der Waals surface area contributed by atoms with Crippen molar-refractivity contribution in [3.8, 4) is 11.3 Å². The zero-order chi connectivity index (χ0) is 15.4. The number of hydrogen-bond acceptors (Lipinski definition) is 5. The van der Waals surface area contributed by atoms with E-state index in [4.69, 9.17) is 21.9 Å². The van der Waals surface area contributed by atoms with Crippen molar-refractivity contribution in [2.24, 2.45) is 5.84 Å². The van der Waals surface area contributed by atoms with Crippen molar-refractivity contribution in [3.63, 3.8) is 0 Å². The molecule has 1 aromatic heterocycles. The number of non-ortho nitro benzene ring substituents is 1. The molecule has 8 heteroatoms. The number of nitrogens with zero attached hydrogens (tertiary/aromatic N) is 1. The van der Waals surface area contributed by atoms with Crippen LogP contribution in [0.1, 0.15) is 5.76 Å². The van der Waals surface area contributed by atoms with Crippen LogP contribution in [0.25, 0.3) is 17.4 Å². The van der Waals surface area contributed by atoms with Gasteiger partial charge in [-0.2, -0.15) is 0 Å². The summed E-state index contributed by atoms with van der Waals surface area (Å²) in [5.41, 5.74) is 2.36. The van der Waals surface area contributed by atoms with Gasteiger partial charge in [-0.3, -0.25) is 20.3 Å². The summed E-state index contributed by atoms with van der Waals surface area (Å²) in [6.07, 6.45) is 2.64. The third-order valence-electron chi connectivity index (χ3n) is 2.60. The van der Waals surface area contributed by atoms with Gasteiger partial charge in [-0.1, -0.05) is 11.6 Å². The van der Waals surface area contributed by atoms with E-state index < -0.39 is 10.8 Å². The molecule has 1 aromatic carbocycles. The number of rotatable bonds is 4. The molecule has 3 N–H and O–H groups in total. The average molecular weight is 308 g/mol. The quantitative estimate of drug-likeness (QED) is 0.296. The Labute approximate surface area is 124 Å². The zero-order valence-corrected chi connectivity index (χ0v) is 11.3. The van der Waals surface area contributed by atoms with E-state index in [1.807, 2.05) is 5.43 Å². The van der Waals surface area contributed by atoms with E-state index in [0.717, 1.165) is 0 Å². The Bertz CT molecular complexity index is 724. The highest BCUT2D eigenvalue weighted by molar-refractivity contribution is 6.33. The number of halogens is 1. The van der Waals surface area contributed by atoms with Gasteiger partial charge in [0.15, 0.2) is 0 Å². The van der Waals surface area contributed by atoms with Crippen molar-refractivity contribution in [1.82, 2.24) is 5.43 Å². The monoisotopic (exact) mass is 307 g/mol. The highest BCUT2D eigenvalue weighted by atomic mass is 35.5. The van der Waals surface area contributed by atoms with Crippen molar-refractivity contribution in [2.75, 3.05) is 0 Å². The van der Waals surface area contributed by atoms with Crippen LogP contribution < -0.4 is 11.3 Å². The first-order valence-corrected chi connectivity index (χ1v) is 6.12. The summed E-state index contributed by atoms with van der Waals surface area (Å²) >= 11 is 6.00. The lowest BCUT2D eigenvalue weighted by atomic mass is 10.1. The molecule has 0 saturated heterocycles. The molecule has 1 amide bonds. The number of carbonyl (C=O) groups excluding carboxylic acids is 1. The number of benzene rings is 1. The second-order valence-electron chi connectivity index (χ2n) is 3.97. The van der Waals surface area contributed by atoms with Gasteiger partial charge in [0.05, 0.1) is 9.95 Å². The maximum Gasteiger partial charge on any atom is 0.270 e. The van der Waals surface area contributed by atoms with E-state index in [1.165, 1.54) is 30.4 Å². The van der Waals surface area contributed by atoms with Crippen molar-refractivity contribution in [1.29, 1.82) is 0 Å². The summed E-state index contributed by atoms with van der Waals surface area (Å²) in [6.45, 7) is 0. The molecule has 0 unspecified atom stereocenters. The van der Waals surface area contributed by atoms with Gasteiger partial charge in [0.1, 0.15) is 11.5 Å². The fourth-order valence-corrected chi connectivity index (χ4v) is 1.88. The Kier molecular flexibility index (Phi) is 4.36. The van der Waals surface area contributed by atoms with Crippen LogP contribution in [0.3, 0.4) is 0 Å². The molecule has 0 fully saturated rings. The standard InChI is InChI=1S/C13H10ClN3O4/c14-11-7-8(17(19)20)1-4-10(11)12-5-2-9(21-12)3-6-13(18)16-15/h1-7H,15H2,(H,16,18)/b6-3+. The average Bonchev–Trinajstić information content (AvgIpc) is 2.93. The lowest BCUT2D eigenvalue weighted by Crippen LogP contribution is -2.27. The van der Waals surface area contributed by atoms with E-state index in [1.54, 1.807) is 12.1 Å². The van der Waals surface area contributed by atoms with E-state index in [-0.39, 0.29) is 10.7 Å². The molecule has 108 valence electrons. The number of nitro groups is 1. The molecule has 2 rings (SSSR count). The van der Waals surface area contributed by atoms with E-state index in [2.05, 4.69) is 0 Å². The van der Waals surface area contributed by atoms with E-state index >= 15 is 0 Å². The molecule has 7 nitrogen and oxygen atoms in total. The first-order valence-electron chi connectivity index (χ1n) is 5.74. The number of nitrogens with two attached hydrogens (primary N) is 1. The highest BCUT2D eigenvalue weighted by Crippen LogP contribution is 2.32. The number of hydrogen-bond donors (Lipinski definition) is 2. The second-order valence-corrected chi connectivity index (χ2v) is 4.37. The fraction of sp³-hybridized carbons (Fsp3) is 0. The zero-order valence-electron chi connectivity index (χ0n) is 10.6. The van der Waals surface area contributed by atoms with E-state index in [0.29, 0.717) is 17.1 Å². The Balaban J connectivity index is 2.27. The summed E-state index contributed by atoms with van der Waals surface area (Å²) in [5.74, 6) is 5.32. The molecule has 0 radical (unpaired) electrons. The number of hydrazine groups is 1. The Morgan fingerprint density at radius 1 is 1.38 bits per heavy atom. The molecule has 0 spiro atoms. The topological polar surface area (TPSA) is 111 Å². The van der Waals surface area contributed by atoms with Crippen LogP contribution in [0, 0.1) is 10.1 Å². The smallest absolute Gasteiger partial charge is 0.270 e. The SMILES string of the molecule is NNC(=O)/C=C/c1ccc(-c2ccc([N+](=O)[O-])cc2Cl)o1. The van der Waals surface area contributed by atoms with Crippen LogP contribution in [0.15, 0.2) is 40.8 Å². The van der Waals surface area contributed by atoms with Crippen molar-refractivity contribution < 1.29 is 14.1 Å². The summed E-state index contributed by atoms with van der Waals surface area (Å²) in [5, 5.41) is 10.9. The molecule has 0 aliphatic carbocycles. The first-order chi connectivity index (χ1) is 10.0. The molecular weight excluding hydrogens is 298 g/mol. The van der Waals surface area contributed by atoms with Gasteiger partial charge in [-0.05, 0) is 24.3 Å². The predicted molar refractivity (Wildman–Crippen MR) is 77.2 cm³/mol. The van der Waals surface area contributed by atoms with Crippen molar-refractivity contribution >= 4 is 29.3 Å². The molecule has 2 aromatic rings. The minimum absolute atomic E-state index is 0.102. The summed E-state index contributed by atoms with van der Waals surface area (Å²) < 4.78 is 5.48. The molecule has 0 saturated carbocycles. The Morgan fingerprint density at radius 2 is 2.14 bits per heavy atom. The van der Waals surface area contributed by atoms with Crippen molar-refractivity contribution in [2.45, 2.75) is 0 Å². The Morgan fingerprint density at radius 3 is 2.76 bits per heavy atom. The number of nitrogens with one attached hydrogen (secondary N) is 1. The maximum absolute atomic E-state index is 11.0. The largest absolute Gasteiger partial charge is 0.457 e. The molecule has 21 heavy (non-hydrogen) atoms. The third kappa shape index (κ3) is 3.47. The van der Waals surface area contributed by atoms with Gasteiger partial charge in [0, 0.05) is 23.8 Å². The van der Waals surface area contributed by atoms with Crippen LogP contribution in [0.4, 0.5) is 5.69 Å². The van der Waals surface area contributed by atoms with Gasteiger partial charge in [-0.15, -0.1) is 0 Å². The van der Waals surface area contributed by atoms with Crippen LogP contribution in [-0.2, 0) is 4.79 Å². The number of nitro benzene ring substituents is 1. The molecule has 0 bridgehead atoms. The normalized spacial score (nSPS) is 10.8. The van der Waals surface area contributed by atoms with Crippen LogP contribution in [0.5, 0.6) is 0 Å². The predicted octanol–water partition coefficient (Wildman–Crippen LogP) is 2.51. The van der Waals surface area contributed by atoms with Crippen LogP contribution in [0.2, 0.25) is 5.02 Å². The molecular formula is C13H10ClN3O4. The van der Waals surface area contributed by atoms with Gasteiger partial charge in [0.25, 0.3) is 11.6 Å². The highest BCUT2D eigenvalue weighted by Gasteiger charge is 2.13. The third-order valence-corrected chi connectivity index (χ3v) is 2.91. The van der Waals surface area contributed by atoms with Gasteiger partial charge < -0.3 is 4.42 Å². The van der Waals surface area contributed by atoms with Gasteiger partial charge >= 0.3 is 0 Å². The number of furan rings is 1. The lowest BCUT2D eigenvalue weighted by Gasteiger charge is -2.00. The van der Waals surface area contributed by atoms with Gasteiger partial charge in [-0.25, -0.2) is 5.84 Å². The Hall–Kier alpha value is -2.64. The molecule has 0 aliphatic rings. The number of carbonyl (C=O) groups is 1. The maximum atomic E-state index is 11.0. The van der Waals surface area contributed by atoms with E-state index in [9.17, 15) is 14.9 Å². The molecule has 0 atom stereocenters. The van der Waals surface area contributed by atoms with Crippen LogP contribution in [-0.4, -0.2) is 10.8 Å². The van der Waals surface area contributed by atoms with Crippen molar-refractivity contribution in [3.05, 3.63) is 57.3 Å². The number of amides is 1. The minimum Gasteiger partial charge on any atom is -0.457 e. The second kappa shape index (κ2) is 6.21. The fourth-order valence-electron chi connectivity index (χ4n) is 1.61. The minimum atomic E-state index is -0.530.